The van der Waals surface area contributed by atoms with Crippen molar-refractivity contribution < 1.29 is 0 Å². The van der Waals surface area contributed by atoms with Crippen molar-refractivity contribution >= 4 is 0 Å². The minimum atomic E-state index is 0.871. The fourth-order valence-electron chi connectivity index (χ4n) is 3.56. The molecule has 0 spiro atoms. The van der Waals surface area contributed by atoms with Gasteiger partial charge in [0.15, 0.2) is 0 Å². The molecule has 3 unspecified atom stereocenters. The summed E-state index contributed by atoms with van der Waals surface area (Å²) in [4.78, 5) is 0. The summed E-state index contributed by atoms with van der Waals surface area (Å²) in [6.07, 6.45) is 10.3. The molecule has 1 heteroatoms. The van der Waals surface area contributed by atoms with Crippen molar-refractivity contribution in [3.63, 3.8) is 0 Å². The average Bonchev–Trinajstić information content (AvgIpc) is 2.63. The number of hydrogen-bond acceptors (Lipinski definition) is 1. The fourth-order valence-corrected chi connectivity index (χ4v) is 3.56. The minimum absolute atomic E-state index is 0.871. The van der Waals surface area contributed by atoms with Crippen LogP contribution < -0.4 is 5.32 Å². The molecule has 88 valence electrons. The van der Waals surface area contributed by atoms with Crippen LogP contribution in [0.1, 0.15) is 58.8 Å². The maximum Gasteiger partial charge on any atom is 0.00958 e. The Morgan fingerprint density at radius 1 is 0.933 bits per heavy atom. The van der Waals surface area contributed by atoms with Crippen LogP contribution in [0.5, 0.6) is 0 Å². The van der Waals surface area contributed by atoms with Crippen molar-refractivity contribution in [2.24, 2.45) is 17.8 Å². The summed E-state index contributed by atoms with van der Waals surface area (Å²) in [7, 11) is 0. The largest absolute Gasteiger partial charge is 0.314 e. The molecule has 0 aromatic rings. The maximum atomic E-state index is 3.70. The minimum Gasteiger partial charge on any atom is -0.314 e. The van der Waals surface area contributed by atoms with Crippen LogP contribution in [0, 0.1) is 17.8 Å². The molecule has 0 bridgehead atoms. The molecule has 2 rings (SSSR count). The monoisotopic (exact) mass is 209 g/mol. The van der Waals surface area contributed by atoms with Crippen LogP contribution >= 0.6 is 0 Å². The Labute approximate surface area is 95.0 Å². The lowest BCUT2D eigenvalue weighted by molar-refractivity contribution is 0.321. The van der Waals surface area contributed by atoms with Gasteiger partial charge in [0, 0.05) is 6.04 Å². The van der Waals surface area contributed by atoms with Crippen molar-refractivity contribution in [1.29, 1.82) is 0 Å². The van der Waals surface area contributed by atoms with Crippen LogP contribution in [0.25, 0.3) is 0 Å². The predicted octanol–water partition coefficient (Wildman–Crippen LogP) is 3.59. The van der Waals surface area contributed by atoms with Gasteiger partial charge in [-0.15, -0.1) is 0 Å². The van der Waals surface area contributed by atoms with E-state index in [2.05, 4.69) is 19.2 Å². The summed E-state index contributed by atoms with van der Waals surface area (Å²) in [6.45, 7) is 6.09. The molecule has 1 N–H and O–H groups in total. The lowest BCUT2D eigenvalue weighted by Gasteiger charge is -2.19. The molecule has 1 aliphatic carbocycles. The highest BCUT2D eigenvalue weighted by Gasteiger charge is 2.28. The first-order chi connectivity index (χ1) is 7.27. The zero-order valence-corrected chi connectivity index (χ0v) is 10.5. The van der Waals surface area contributed by atoms with Crippen LogP contribution in [0.2, 0.25) is 0 Å². The van der Waals surface area contributed by atoms with Crippen LogP contribution in [0.4, 0.5) is 0 Å². The molecule has 1 aliphatic heterocycles. The third-order valence-electron chi connectivity index (χ3n) is 4.67. The van der Waals surface area contributed by atoms with Gasteiger partial charge < -0.3 is 5.32 Å². The molecule has 1 saturated heterocycles. The third kappa shape index (κ3) is 2.96. The molecule has 3 atom stereocenters. The van der Waals surface area contributed by atoms with Gasteiger partial charge in [-0.25, -0.2) is 0 Å². The second-order valence-electron chi connectivity index (χ2n) is 5.98. The first-order valence-corrected chi connectivity index (χ1v) is 7.00. The Bertz CT molecular complexity index is 172. The standard InChI is InChI=1S/C14H27N/c1-11(2)12-5-3-7-13-9-10-15-14(13)8-4-6-12/h11-15H,3-10H2,1-2H3. The van der Waals surface area contributed by atoms with Crippen molar-refractivity contribution in [1.82, 2.24) is 5.32 Å². The van der Waals surface area contributed by atoms with Crippen molar-refractivity contribution in [3.8, 4) is 0 Å². The number of hydrogen-bond donors (Lipinski definition) is 1. The first-order valence-electron chi connectivity index (χ1n) is 7.00. The summed E-state index contributed by atoms with van der Waals surface area (Å²) >= 11 is 0. The molecule has 15 heavy (non-hydrogen) atoms. The van der Waals surface area contributed by atoms with Crippen LogP contribution in [-0.4, -0.2) is 12.6 Å². The molecule has 2 aliphatic rings. The van der Waals surface area contributed by atoms with Crippen LogP contribution in [-0.2, 0) is 0 Å². The van der Waals surface area contributed by atoms with E-state index in [-0.39, 0.29) is 0 Å². The Morgan fingerprint density at radius 2 is 1.67 bits per heavy atom. The lowest BCUT2D eigenvalue weighted by Crippen LogP contribution is -2.26. The van der Waals surface area contributed by atoms with Crippen molar-refractivity contribution in [2.45, 2.75) is 64.8 Å². The van der Waals surface area contributed by atoms with Crippen LogP contribution in [0.15, 0.2) is 0 Å². The predicted molar refractivity (Wildman–Crippen MR) is 65.9 cm³/mol. The average molecular weight is 209 g/mol. The fraction of sp³-hybridized carbons (Fsp3) is 1.00. The van der Waals surface area contributed by atoms with Gasteiger partial charge in [0.2, 0.25) is 0 Å². The molecule has 0 amide bonds. The summed E-state index contributed by atoms with van der Waals surface area (Å²) in [5.41, 5.74) is 0. The summed E-state index contributed by atoms with van der Waals surface area (Å²) < 4.78 is 0. The molecular formula is C14H27N. The lowest BCUT2D eigenvalue weighted by atomic mass is 9.87. The van der Waals surface area contributed by atoms with Crippen molar-refractivity contribution in [3.05, 3.63) is 0 Å². The SMILES string of the molecule is CC(C)C1CCCC2CCNC2CCC1. The van der Waals surface area contributed by atoms with E-state index in [1.807, 2.05) is 0 Å². The van der Waals surface area contributed by atoms with Gasteiger partial charge in [0.25, 0.3) is 0 Å². The second kappa shape index (κ2) is 5.34. The molecule has 1 saturated carbocycles. The normalized spacial score (nSPS) is 38.2. The van der Waals surface area contributed by atoms with Gasteiger partial charge in [-0.05, 0) is 43.6 Å². The highest BCUT2D eigenvalue weighted by Crippen LogP contribution is 2.32. The Kier molecular flexibility index (Phi) is 4.07. The van der Waals surface area contributed by atoms with E-state index in [1.165, 1.54) is 51.5 Å². The number of rotatable bonds is 1. The van der Waals surface area contributed by atoms with E-state index in [0.717, 1.165) is 23.8 Å². The molecule has 0 aromatic carbocycles. The maximum absolute atomic E-state index is 3.70. The van der Waals surface area contributed by atoms with Crippen molar-refractivity contribution in [2.75, 3.05) is 6.54 Å². The van der Waals surface area contributed by atoms with Gasteiger partial charge in [0.05, 0.1) is 0 Å². The van der Waals surface area contributed by atoms with E-state index < -0.39 is 0 Å². The summed E-state index contributed by atoms with van der Waals surface area (Å²) in [5, 5.41) is 3.70. The number of fused-ring (bicyclic) bond motifs is 1. The van der Waals surface area contributed by atoms with E-state index in [9.17, 15) is 0 Å². The zero-order valence-electron chi connectivity index (χ0n) is 10.5. The quantitative estimate of drug-likeness (QED) is 0.696. The molecule has 0 radical (unpaired) electrons. The Hall–Kier alpha value is -0.0400. The molecular weight excluding hydrogens is 182 g/mol. The van der Waals surface area contributed by atoms with Gasteiger partial charge in [-0.2, -0.15) is 0 Å². The second-order valence-corrected chi connectivity index (χ2v) is 5.98. The highest BCUT2D eigenvalue weighted by atomic mass is 14.9. The van der Waals surface area contributed by atoms with E-state index >= 15 is 0 Å². The number of nitrogens with one attached hydrogen (secondary N) is 1. The molecule has 2 fully saturated rings. The summed E-state index contributed by atoms with van der Waals surface area (Å²) in [5.74, 6) is 2.91. The van der Waals surface area contributed by atoms with Gasteiger partial charge in [0.1, 0.15) is 0 Å². The molecule has 1 nitrogen and oxygen atoms in total. The topological polar surface area (TPSA) is 12.0 Å². The third-order valence-corrected chi connectivity index (χ3v) is 4.67. The summed E-state index contributed by atoms with van der Waals surface area (Å²) in [6, 6.07) is 0.871. The smallest absolute Gasteiger partial charge is 0.00958 e. The van der Waals surface area contributed by atoms with Crippen LogP contribution in [0.3, 0.4) is 0 Å². The van der Waals surface area contributed by atoms with E-state index in [1.54, 1.807) is 0 Å². The molecule has 1 heterocycles. The first kappa shape index (κ1) is 11.4. The van der Waals surface area contributed by atoms with Gasteiger partial charge >= 0.3 is 0 Å². The van der Waals surface area contributed by atoms with Gasteiger partial charge in [-0.1, -0.05) is 39.5 Å². The Morgan fingerprint density at radius 3 is 2.40 bits per heavy atom. The van der Waals surface area contributed by atoms with Gasteiger partial charge in [-0.3, -0.25) is 0 Å². The molecule has 0 aromatic heterocycles. The highest BCUT2D eigenvalue weighted by molar-refractivity contribution is 4.85. The zero-order chi connectivity index (χ0) is 10.7. The van der Waals surface area contributed by atoms with E-state index in [4.69, 9.17) is 0 Å². The van der Waals surface area contributed by atoms with E-state index in [0.29, 0.717) is 0 Å². The Balaban J connectivity index is 1.87.